The lowest BCUT2D eigenvalue weighted by Crippen LogP contribution is -2.48. The molecule has 1 N–H and O–H groups in total. The van der Waals surface area contributed by atoms with Crippen LogP contribution in [0.2, 0.25) is 0 Å². The molecule has 3 heterocycles. The predicted molar refractivity (Wildman–Crippen MR) is 83.7 cm³/mol. The molecule has 1 saturated heterocycles. The number of urea groups is 1. The van der Waals surface area contributed by atoms with Crippen LogP contribution in [0.25, 0.3) is 10.7 Å². The first kappa shape index (κ1) is 15.0. The van der Waals surface area contributed by atoms with Crippen LogP contribution >= 0.6 is 11.3 Å². The summed E-state index contributed by atoms with van der Waals surface area (Å²) in [7, 11) is 0. The number of rotatable bonds is 4. The van der Waals surface area contributed by atoms with E-state index in [0.29, 0.717) is 15.8 Å². The largest absolute Gasteiger partial charge is 0.364 e. The van der Waals surface area contributed by atoms with E-state index in [0.717, 1.165) is 32.2 Å². The van der Waals surface area contributed by atoms with Crippen LogP contribution in [-0.2, 0) is 0 Å². The zero-order valence-electron chi connectivity index (χ0n) is 12.7. The van der Waals surface area contributed by atoms with Crippen LogP contribution in [0.1, 0.15) is 39.5 Å². The third kappa shape index (κ3) is 2.58. The number of carbonyl (C=O) groups is 1. The van der Waals surface area contributed by atoms with Crippen molar-refractivity contribution in [1.82, 2.24) is 20.3 Å². The summed E-state index contributed by atoms with van der Waals surface area (Å²) in [6.45, 7) is 5.08. The van der Waals surface area contributed by atoms with Gasteiger partial charge in [-0.1, -0.05) is 30.3 Å². The van der Waals surface area contributed by atoms with Crippen molar-refractivity contribution in [3.8, 4) is 10.7 Å². The highest BCUT2D eigenvalue weighted by Gasteiger charge is 2.40. The van der Waals surface area contributed by atoms with E-state index in [1.807, 2.05) is 4.90 Å². The number of hydrogen-bond acceptors (Lipinski definition) is 6. The second kappa shape index (κ2) is 6.04. The van der Waals surface area contributed by atoms with Crippen molar-refractivity contribution in [2.45, 2.75) is 45.1 Å². The maximum absolute atomic E-state index is 12.6. The topological polar surface area (TPSA) is 84.2 Å². The third-order valence-corrected chi connectivity index (χ3v) is 5.31. The van der Waals surface area contributed by atoms with Crippen molar-refractivity contribution in [2.75, 3.05) is 11.9 Å². The highest BCUT2D eigenvalue weighted by atomic mass is 32.1. The van der Waals surface area contributed by atoms with E-state index in [1.54, 1.807) is 6.07 Å². The molecule has 22 heavy (non-hydrogen) atoms. The zero-order valence-corrected chi connectivity index (χ0v) is 13.5. The molecule has 0 saturated carbocycles. The summed E-state index contributed by atoms with van der Waals surface area (Å²) < 4.78 is 4.79. The van der Waals surface area contributed by atoms with E-state index in [-0.39, 0.29) is 11.6 Å². The Balaban J connectivity index is 1.72. The normalized spacial score (nSPS) is 16.9. The fourth-order valence-electron chi connectivity index (χ4n) is 3.10. The lowest BCUT2D eigenvalue weighted by atomic mass is 9.90. The molecule has 8 heteroatoms. The van der Waals surface area contributed by atoms with Crippen LogP contribution in [-0.4, -0.2) is 38.4 Å². The van der Waals surface area contributed by atoms with E-state index < -0.39 is 0 Å². The van der Waals surface area contributed by atoms with E-state index >= 15 is 0 Å². The van der Waals surface area contributed by atoms with Crippen molar-refractivity contribution < 1.29 is 9.32 Å². The third-order valence-electron chi connectivity index (χ3n) is 4.45. The summed E-state index contributed by atoms with van der Waals surface area (Å²) in [4.78, 5) is 14.5. The average molecular weight is 321 g/mol. The minimum atomic E-state index is -0.0935. The lowest BCUT2D eigenvalue weighted by molar-refractivity contribution is 0.149. The van der Waals surface area contributed by atoms with Gasteiger partial charge in [0.15, 0.2) is 5.01 Å². The molecule has 7 nitrogen and oxygen atoms in total. The standard InChI is InChI=1S/C14H19N5O2S/c1-3-14(4-2)7-5-8-19(14)13(20)15-12-17-16-11(22-12)10-6-9-21-18-10/h6,9H,3-5,7-8H2,1-2H3,(H,15,17,20). The van der Waals surface area contributed by atoms with Crippen LogP contribution < -0.4 is 5.32 Å². The molecule has 1 fully saturated rings. The fourth-order valence-corrected chi connectivity index (χ4v) is 3.79. The monoisotopic (exact) mass is 321 g/mol. The summed E-state index contributed by atoms with van der Waals surface area (Å²) >= 11 is 1.29. The highest BCUT2D eigenvalue weighted by molar-refractivity contribution is 7.18. The van der Waals surface area contributed by atoms with Crippen LogP contribution in [0.3, 0.4) is 0 Å². The molecule has 2 amide bonds. The van der Waals surface area contributed by atoms with Crippen molar-refractivity contribution in [1.29, 1.82) is 0 Å². The minimum Gasteiger partial charge on any atom is -0.364 e. The molecule has 1 aliphatic heterocycles. The van der Waals surface area contributed by atoms with Gasteiger partial charge in [0.2, 0.25) is 5.13 Å². The maximum Gasteiger partial charge on any atom is 0.324 e. The summed E-state index contributed by atoms with van der Waals surface area (Å²) in [5.74, 6) is 0. The van der Waals surface area contributed by atoms with Crippen molar-refractivity contribution in [3.63, 3.8) is 0 Å². The molecule has 0 aliphatic carbocycles. The van der Waals surface area contributed by atoms with Crippen LogP contribution in [0, 0.1) is 0 Å². The molecular weight excluding hydrogens is 302 g/mol. The number of carbonyl (C=O) groups excluding carboxylic acids is 1. The van der Waals surface area contributed by atoms with Crippen LogP contribution in [0.5, 0.6) is 0 Å². The number of nitrogens with zero attached hydrogens (tertiary/aromatic N) is 4. The van der Waals surface area contributed by atoms with Gasteiger partial charge in [-0.2, -0.15) is 0 Å². The van der Waals surface area contributed by atoms with Gasteiger partial charge in [-0.3, -0.25) is 5.32 Å². The van der Waals surface area contributed by atoms with Crippen molar-refractivity contribution in [3.05, 3.63) is 12.3 Å². The van der Waals surface area contributed by atoms with Gasteiger partial charge in [-0.25, -0.2) is 4.79 Å². The van der Waals surface area contributed by atoms with Gasteiger partial charge in [0.05, 0.1) is 0 Å². The van der Waals surface area contributed by atoms with E-state index in [2.05, 4.69) is 34.5 Å². The predicted octanol–water partition coefficient (Wildman–Crippen LogP) is 3.38. The molecular formula is C14H19N5O2S. The molecule has 2 aromatic heterocycles. The number of nitrogens with one attached hydrogen (secondary N) is 1. The molecule has 118 valence electrons. The molecule has 0 unspecified atom stereocenters. The molecule has 0 aromatic carbocycles. The van der Waals surface area contributed by atoms with Crippen LogP contribution in [0.4, 0.5) is 9.93 Å². The summed E-state index contributed by atoms with van der Waals surface area (Å²) in [6, 6.07) is 1.62. The molecule has 0 radical (unpaired) electrons. The molecule has 0 spiro atoms. The Kier molecular flexibility index (Phi) is 4.10. The van der Waals surface area contributed by atoms with Gasteiger partial charge >= 0.3 is 6.03 Å². The smallest absolute Gasteiger partial charge is 0.324 e. The van der Waals surface area contributed by atoms with Gasteiger partial charge < -0.3 is 9.42 Å². The molecule has 0 bridgehead atoms. The number of amides is 2. The Hall–Kier alpha value is -1.96. The number of aromatic nitrogens is 3. The molecule has 3 rings (SSSR count). The minimum absolute atomic E-state index is 0.0241. The second-order valence-electron chi connectivity index (χ2n) is 5.41. The SMILES string of the molecule is CCC1(CC)CCCN1C(=O)Nc1nnc(-c2ccon2)s1. The van der Waals surface area contributed by atoms with Crippen molar-refractivity contribution in [2.24, 2.45) is 0 Å². The van der Waals surface area contributed by atoms with Gasteiger partial charge in [0.25, 0.3) is 0 Å². The Morgan fingerprint density at radius 2 is 2.27 bits per heavy atom. The summed E-state index contributed by atoms with van der Waals surface area (Å²) in [5.41, 5.74) is 0.597. The first-order valence-electron chi connectivity index (χ1n) is 7.51. The van der Waals surface area contributed by atoms with Crippen molar-refractivity contribution >= 4 is 22.5 Å². The van der Waals surface area contributed by atoms with Gasteiger partial charge in [0, 0.05) is 18.2 Å². The number of anilines is 1. The maximum atomic E-state index is 12.6. The van der Waals surface area contributed by atoms with Gasteiger partial charge in [-0.15, -0.1) is 10.2 Å². The highest BCUT2D eigenvalue weighted by Crippen LogP contribution is 2.36. The molecule has 0 atom stereocenters. The Labute approximate surface area is 132 Å². The Bertz CT molecular complexity index is 635. The van der Waals surface area contributed by atoms with Gasteiger partial charge in [0.1, 0.15) is 12.0 Å². The molecule has 1 aliphatic rings. The van der Waals surface area contributed by atoms with E-state index in [9.17, 15) is 4.79 Å². The Morgan fingerprint density at radius 3 is 2.95 bits per heavy atom. The number of likely N-dealkylation sites (tertiary alicyclic amines) is 1. The number of hydrogen-bond donors (Lipinski definition) is 1. The van der Waals surface area contributed by atoms with E-state index in [4.69, 9.17) is 4.52 Å². The zero-order chi connectivity index (χ0) is 15.6. The van der Waals surface area contributed by atoms with Gasteiger partial charge in [-0.05, 0) is 25.7 Å². The van der Waals surface area contributed by atoms with Crippen LogP contribution in [0.15, 0.2) is 16.9 Å². The van der Waals surface area contributed by atoms with E-state index in [1.165, 1.54) is 17.6 Å². The average Bonchev–Trinajstić information content (AvgIpc) is 3.26. The molecule has 2 aromatic rings. The fraction of sp³-hybridized carbons (Fsp3) is 0.571. The quantitative estimate of drug-likeness (QED) is 0.933. The lowest BCUT2D eigenvalue weighted by Gasteiger charge is -2.36. The summed E-state index contributed by atoms with van der Waals surface area (Å²) in [5, 5.41) is 15.8. The first-order valence-corrected chi connectivity index (χ1v) is 8.33. The summed E-state index contributed by atoms with van der Waals surface area (Å²) in [6.07, 6.45) is 5.54. The second-order valence-corrected chi connectivity index (χ2v) is 6.39. The first-order chi connectivity index (χ1) is 10.7. The Morgan fingerprint density at radius 1 is 1.45 bits per heavy atom.